The normalized spacial score (nSPS) is 30.2. The van der Waals surface area contributed by atoms with Gasteiger partial charge in [-0.05, 0) is 44.1 Å². The lowest BCUT2D eigenvalue weighted by molar-refractivity contribution is -0.397. The number of rotatable bonds is 3. The lowest BCUT2D eigenvalue weighted by atomic mass is 9.49. The number of aliphatic carboxylic acids is 1. The van der Waals surface area contributed by atoms with E-state index in [9.17, 15) is 35.2 Å². The van der Waals surface area contributed by atoms with Crippen LogP contribution < -0.4 is 0 Å². The molecular weight excluding hydrogens is 344 g/mol. The van der Waals surface area contributed by atoms with Crippen molar-refractivity contribution in [2.45, 2.75) is 51.4 Å². The van der Waals surface area contributed by atoms with Crippen LogP contribution in [-0.4, -0.2) is 26.0 Å². The Morgan fingerprint density at radius 1 is 1.23 bits per heavy atom. The standard InChI is InChI=1S/C17H20N2O7/c1-16-6-3-7-17(2,15(21)22)11(16)5-4-9-8-10(18(23)24)14(20)13(12(9)16)19(25)26/h8,11,20H,3-7H2,1-2H3,(H,21,22)/t11-,16+,17+/m0/s1. The number of hydrogen-bond donors (Lipinski definition) is 2. The number of hydrogen-bond acceptors (Lipinski definition) is 6. The summed E-state index contributed by atoms with van der Waals surface area (Å²) in [6, 6.07) is 1.20. The number of aryl methyl sites for hydroxylation is 1. The number of phenolic OH excluding ortho intramolecular Hbond substituents is 1. The first kappa shape index (κ1) is 18.1. The van der Waals surface area contributed by atoms with E-state index in [1.54, 1.807) is 13.8 Å². The van der Waals surface area contributed by atoms with Crippen LogP contribution in [-0.2, 0) is 16.6 Å². The fraction of sp³-hybridized carbons (Fsp3) is 0.588. The van der Waals surface area contributed by atoms with Crippen molar-refractivity contribution >= 4 is 17.3 Å². The van der Waals surface area contributed by atoms with E-state index in [0.717, 1.165) is 0 Å². The van der Waals surface area contributed by atoms with Gasteiger partial charge in [-0.1, -0.05) is 13.3 Å². The Morgan fingerprint density at radius 3 is 2.42 bits per heavy atom. The number of carboxylic acid groups (broad SMARTS) is 1. The molecule has 2 aliphatic rings. The van der Waals surface area contributed by atoms with Gasteiger partial charge >= 0.3 is 17.3 Å². The maximum Gasteiger partial charge on any atom is 0.322 e. The predicted octanol–water partition coefficient (Wildman–Crippen LogP) is 3.30. The highest BCUT2D eigenvalue weighted by Crippen LogP contribution is 2.60. The summed E-state index contributed by atoms with van der Waals surface area (Å²) in [5.74, 6) is -2.25. The third-order valence-corrected chi connectivity index (χ3v) is 6.41. The van der Waals surface area contributed by atoms with E-state index >= 15 is 0 Å². The Labute approximate surface area is 148 Å². The van der Waals surface area contributed by atoms with Crippen molar-refractivity contribution in [3.05, 3.63) is 37.4 Å². The zero-order chi connectivity index (χ0) is 19.4. The van der Waals surface area contributed by atoms with Crippen molar-refractivity contribution in [2.75, 3.05) is 0 Å². The van der Waals surface area contributed by atoms with Gasteiger partial charge in [0.05, 0.1) is 15.3 Å². The minimum Gasteiger partial charge on any atom is -0.497 e. The molecule has 3 rings (SSSR count). The molecule has 1 saturated carbocycles. The molecule has 0 radical (unpaired) electrons. The Bertz CT molecular complexity index is 837. The Morgan fingerprint density at radius 2 is 1.88 bits per heavy atom. The first-order valence-corrected chi connectivity index (χ1v) is 8.45. The van der Waals surface area contributed by atoms with E-state index in [2.05, 4.69) is 0 Å². The van der Waals surface area contributed by atoms with Gasteiger partial charge < -0.3 is 10.2 Å². The van der Waals surface area contributed by atoms with Crippen LogP contribution in [0.25, 0.3) is 0 Å². The Kier molecular flexibility index (Phi) is 3.93. The monoisotopic (exact) mass is 364 g/mol. The summed E-state index contributed by atoms with van der Waals surface area (Å²) in [6.45, 7) is 3.45. The van der Waals surface area contributed by atoms with Gasteiger partial charge in [0.15, 0.2) is 0 Å². The second kappa shape index (κ2) is 5.65. The van der Waals surface area contributed by atoms with Crippen molar-refractivity contribution in [3.8, 4) is 5.75 Å². The number of nitro groups is 2. The lowest BCUT2D eigenvalue weighted by Crippen LogP contribution is -2.52. The molecule has 1 aromatic rings. The van der Waals surface area contributed by atoms with Crippen molar-refractivity contribution in [1.29, 1.82) is 0 Å². The molecule has 1 aromatic carbocycles. The average Bonchev–Trinajstić information content (AvgIpc) is 2.53. The SMILES string of the molecule is C[C@@]1(C(=O)O)CCC[C@@]2(C)c3c(cc([N+](=O)[O-])c(O)c3[N+](=O)[O-])CC[C@H]12. The van der Waals surface area contributed by atoms with E-state index in [-0.39, 0.29) is 11.5 Å². The lowest BCUT2D eigenvalue weighted by Gasteiger charge is -2.53. The van der Waals surface area contributed by atoms with E-state index < -0.39 is 43.8 Å². The maximum absolute atomic E-state index is 11.9. The first-order valence-electron chi connectivity index (χ1n) is 8.45. The molecule has 9 nitrogen and oxygen atoms in total. The molecular formula is C17H20N2O7. The second-order valence-corrected chi connectivity index (χ2v) is 7.73. The summed E-state index contributed by atoms with van der Waals surface area (Å²) in [5, 5.41) is 42.9. The molecule has 0 heterocycles. The van der Waals surface area contributed by atoms with E-state index in [4.69, 9.17) is 0 Å². The smallest absolute Gasteiger partial charge is 0.322 e. The van der Waals surface area contributed by atoms with Crippen molar-refractivity contribution in [1.82, 2.24) is 0 Å². The highest BCUT2D eigenvalue weighted by Gasteiger charge is 2.58. The molecule has 0 saturated heterocycles. The van der Waals surface area contributed by atoms with Gasteiger partial charge in [0, 0.05) is 17.0 Å². The van der Waals surface area contributed by atoms with Crippen LogP contribution in [0.4, 0.5) is 11.4 Å². The fourth-order valence-electron chi connectivity index (χ4n) is 5.22. The van der Waals surface area contributed by atoms with Crippen LogP contribution in [0.1, 0.15) is 50.7 Å². The fourth-order valence-corrected chi connectivity index (χ4v) is 5.22. The Balaban J connectivity index is 2.31. The Hall–Kier alpha value is -2.71. The largest absolute Gasteiger partial charge is 0.497 e. The van der Waals surface area contributed by atoms with Crippen LogP contribution in [0, 0.1) is 31.6 Å². The number of carbonyl (C=O) groups is 1. The number of nitro benzene ring substituents is 2. The van der Waals surface area contributed by atoms with Crippen LogP contribution >= 0.6 is 0 Å². The second-order valence-electron chi connectivity index (χ2n) is 7.73. The van der Waals surface area contributed by atoms with Crippen molar-refractivity contribution in [2.24, 2.45) is 11.3 Å². The van der Waals surface area contributed by atoms with E-state index in [0.29, 0.717) is 37.7 Å². The molecule has 140 valence electrons. The molecule has 3 atom stereocenters. The highest BCUT2D eigenvalue weighted by molar-refractivity contribution is 5.76. The molecule has 0 spiro atoms. The number of benzene rings is 1. The zero-order valence-electron chi connectivity index (χ0n) is 14.5. The zero-order valence-corrected chi connectivity index (χ0v) is 14.5. The number of nitrogens with zero attached hydrogens (tertiary/aromatic N) is 2. The topological polar surface area (TPSA) is 144 Å². The molecule has 2 aliphatic carbocycles. The summed E-state index contributed by atoms with van der Waals surface area (Å²) < 4.78 is 0. The number of carboxylic acids is 1. The summed E-state index contributed by atoms with van der Waals surface area (Å²) in [4.78, 5) is 33.2. The van der Waals surface area contributed by atoms with Gasteiger partial charge in [-0.2, -0.15) is 0 Å². The van der Waals surface area contributed by atoms with Gasteiger partial charge in [-0.15, -0.1) is 0 Å². The number of phenols is 1. The molecule has 1 fully saturated rings. The van der Waals surface area contributed by atoms with Crippen molar-refractivity contribution in [3.63, 3.8) is 0 Å². The van der Waals surface area contributed by atoms with Gasteiger partial charge in [-0.3, -0.25) is 25.0 Å². The van der Waals surface area contributed by atoms with Gasteiger partial charge in [0.25, 0.3) is 5.75 Å². The molecule has 0 aromatic heterocycles. The van der Waals surface area contributed by atoms with Crippen LogP contribution in [0.15, 0.2) is 6.07 Å². The highest BCUT2D eigenvalue weighted by atomic mass is 16.6. The minimum atomic E-state index is -1.03. The molecule has 0 amide bonds. The average molecular weight is 364 g/mol. The van der Waals surface area contributed by atoms with Crippen LogP contribution in [0.3, 0.4) is 0 Å². The van der Waals surface area contributed by atoms with Crippen LogP contribution in [0.5, 0.6) is 5.75 Å². The van der Waals surface area contributed by atoms with E-state index in [1.165, 1.54) is 6.07 Å². The molecule has 2 N–H and O–H groups in total. The van der Waals surface area contributed by atoms with E-state index in [1.807, 2.05) is 0 Å². The minimum absolute atomic E-state index is 0.258. The van der Waals surface area contributed by atoms with Crippen LogP contribution in [0.2, 0.25) is 0 Å². The number of aromatic hydroxyl groups is 1. The van der Waals surface area contributed by atoms with Crippen molar-refractivity contribution < 1.29 is 24.9 Å². The summed E-state index contributed by atoms with van der Waals surface area (Å²) in [6.07, 6.45) is 2.37. The number of fused-ring (bicyclic) bond motifs is 3. The van der Waals surface area contributed by atoms with Gasteiger partial charge in [0.1, 0.15) is 0 Å². The maximum atomic E-state index is 11.9. The van der Waals surface area contributed by atoms with Gasteiger partial charge in [-0.25, -0.2) is 0 Å². The molecule has 0 unspecified atom stereocenters. The molecule has 0 aliphatic heterocycles. The van der Waals surface area contributed by atoms with Gasteiger partial charge in [0.2, 0.25) is 0 Å². The third-order valence-electron chi connectivity index (χ3n) is 6.41. The predicted molar refractivity (Wildman–Crippen MR) is 90.2 cm³/mol. The molecule has 0 bridgehead atoms. The first-order chi connectivity index (χ1) is 12.0. The third kappa shape index (κ3) is 2.26. The quantitative estimate of drug-likeness (QED) is 0.618. The summed E-state index contributed by atoms with van der Waals surface area (Å²) in [5.41, 5.74) is -2.50. The summed E-state index contributed by atoms with van der Waals surface area (Å²) in [7, 11) is 0. The molecule has 26 heavy (non-hydrogen) atoms. The molecule has 9 heteroatoms. The summed E-state index contributed by atoms with van der Waals surface area (Å²) >= 11 is 0.